The van der Waals surface area contributed by atoms with Gasteiger partial charge >= 0.3 is 6.09 Å². The predicted molar refractivity (Wildman–Crippen MR) is 65.9 cm³/mol. The summed E-state index contributed by atoms with van der Waals surface area (Å²) in [5.74, 6) is 0.454. The number of nitrogens with zero attached hydrogens (tertiary/aromatic N) is 1. The molecule has 1 unspecified atom stereocenters. The molecular weight excluding hydrogens is 216 g/mol. The molecule has 1 aromatic carbocycles. The number of hydrogen-bond donors (Lipinski definition) is 2. The van der Waals surface area contributed by atoms with Crippen molar-refractivity contribution in [2.75, 3.05) is 19.6 Å². The Morgan fingerprint density at radius 1 is 1.41 bits per heavy atom. The summed E-state index contributed by atoms with van der Waals surface area (Å²) < 4.78 is 0. The summed E-state index contributed by atoms with van der Waals surface area (Å²) >= 11 is 0. The van der Waals surface area contributed by atoms with Crippen LogP contribution in [0, 0.1) is 5.92 Å². The summed E-state index contributed by atoms with van der Waals surface area (Å²) in [6.07, 6.45) is 0.235. The summed E-state index contributed by atoms with van der Waals surface area (Å²) in [5.41, 5.74) is 1.04. The summed E-state index contributed by atoms with van der Waals surface area (Å²) in [7, 11) is 0. The Kier molecular flexibility index (Phi) is 3.98. The fourth-order valence-corrected chi connectivity index (χ4v) is 2.20. The topological polar surface area (TPSA) is 52.6 Å². The molecule has 1 amide bonds. The van der Waals surface area contributed by atoms with E-state index in [0.717, 1.165) is 25.1 Å². The second-order valence-corrected chi connectivity index (χ2v) is 4.51. The lowest BCUT2D eigenvalue weighted by atomic mass is 10.1. The number of hydrogen-bond acceptors (Lipinski definition) is 2. The van der Waals surface area contributed by atoms with Gasteiger partial charge in [0.1, 0.15) is 0 Å². The van der Waals surface area contributed by atoms with E-state index < -0.39 is 6.09 Å². The van der Waals surface area contributed by atoms with E-state index in [1.165, 1.54) is 4.90 Å². The highest BCUT2D eigenvalue weighted by Crippen LogP contribution is 2.12. The lowest BCUT2D eigenvalue weighted by molar-refractivity contribution is 0.135. The molecule has 1 aliphatic rings. The maximum Gasteiger partial charge on any atom is 0.407 e. The molecule has 92 valence electrons. The zero-order chi connectivity index (χ0) is 12.1. The third-order valence-corrected chi connectivity index (χ3v) is 3.13. The molecule has 1 atom stereocenters. The van der Waals surface area contributed by atoms with Gasteiger partial charge in [0.05, 0.1) is 0 Å². The van der Waals surface area contributed by atoms with Gasteiger partial charge in [-0.2, -0.15) is 0 Å². The molecule has 0 saturated carbocycles. The van der Waals surface area contributed by atoms with E-state index >= 15 is 0 Å². The van der Waals surface area contributed by atoms with Crippen molar-refractivity contribution in [2.24, 2.45) is 5.92 Å². The van der Waals surface area contributed by atoms with Crippen molar-refractivity contribution < 1.29 is 9.90 Å². The van der Waals surface area contributed by atoms with Crippen LogP contribution in [0.2, 0.25) is 0 Å². The molecule has 1 aliphatic heterocycles. The number of rotatable bonds is 4. The van der Waals surface area contributed by atoms with Crippen molar-refractivity contribution in [3.8, 4) is 0 Å². The van der Waals surface area contributed by atoms with Crippen LogP contribution in [-0.4, -0.2) is 35.7 Å². The third-order valence-electron chi connectivity index (χ3n) is 3.13. The highest BCUT2D eigenvalue weighted by atomic mass is 16.4. The second kappa shape index (κ2) is 5.68. The van der Waals surface area contributed by atoms with Crippen LogP contribution in [0.5, 0.6) is 0 Å². The van der Waals surface area contributed by atoms with Gasteiger partial charge in [0.2, 0.25) is 0 Å². The average Bonchev–Trinajstić information content (AvgIpc) is 2.82. The monoisotopic (exact) mass is 234 g/mol. The minimum atomic E-state index is -0.833. The van der Waals surface area contributed by atoms with E-state index in [1.807, 2.05) is 30.3 Å². The number of amides is 1. The van der Waals surface area contributed by atoms with Crippen LogP contribution in [0.3, 0.4) is 0 Å². The minimum Gasteiger partial charge on any atom is -0.465 e. The first-order valence-corrected chi connectivity index (χ1v) is 5.98. The molecule has 1 heterocycles. The Hall–Kier alpha value is -1.55. The number of carboxylic acid groups (broad SMARTS) is 1. The first-order valence-electron chi connectivity index (χ1n) is 5.98. The zero-order valence-corrected chi connectivity index (χ0v) is 9.80. The van der Waals surface area contributed by atoms with Gasteiger partial charge in [-0.15, -0.1) is 0 Å². The summed E-state index contributed by atoms with van der Waals surface area (Å²) in [5, 5.41) is 12.5. The average molecular weight is 234 g/mol. The van der Waals surface area contributed by atoms with Crippen LogP contribution in [0.4, 0.5) is 4.79 Å². The van der Waals surface area contributed by atoms with Gasteiger partial charge in [-0.1, -0.05) is 30.3 Å². The number of benzene rings is 1. The van der Waals surface area contributed by atoms with Crippen LogP contribution >= 0.6 is 0 Å². The van der Waals surface area contributed by atoms with Gasteiger partial charge in [-0.05, 0) is 31.0 Å². The Morgan fingerprint density at radius 2 is 2.18 bits per heavy atom. The normalized spacial score (nSPS) is 19.2. The van der Waals surface area contributed by atoms with Crippen LogP contribution in [0.25, 0.3) is 0 Å². The Bertz CT molecular complexity index is 361. The molecule has 1 aromatic rings. The minimum absolute atomic E-state index is 0.454. The van der Waals surface area contributed by atoms with E-state index in [2.05, 4.69) is 5.32 Å². The van der Waals surface area contributed by atoms with Crippen molar-refractivity contribution in [3.63, 3.8) is 0 Å². The van der Waals surface area contributed by atoms with Crippen molar-refractivity contribution in [2.45, 2.75) is 13.0 Å². The van der Waals surface area contributed by atoms with Gasteiger partial charge < -0.3 is 15.3 Å². The molecule has 0 radical (unpaired) electrons. The molecule has 2 rings (SSSR count). The molecule has 17 heavy (non-hydrogen) atoms. The van der Waals surface area contributed by atoms with Gasteiger partial charge in [0.15, 0.2) is 0 Å². The van der Waals surface area contributed by atoms with Crippen molar-refractivity contribution in [1.82, 2.24) is 10.2 Å². The molecule has 1 fully saturated rings. The van der Waals surface area contributed by atoms with E-state index in [0.29, 0.717) is 19.0 Å². The van der Waals surface area contributed by atoms with E-state index in [-0.39, 0.29) is 0 Å². The Balaban J connectivity index is 1.95. The molecule has 1 saturated heterocycles. The maximum absolute atomic E-state index is 11.2. The smallest absolute Gasteiger partial charge is 0.407 e. The Morgan fingerprint density at radius 3 is 2.76 bits per heavy atom. The zero-order valence-electron chi connectivity index (χ0n) is 9.80. The Labute approximate surface area is 101 Å². The number of nitrogens with one attached hydrogen (secondary N) is 1. The fraction of sp³-hybridized carbons (Fsp3) is 0.462. The van der Waals surface area contributed by atoms with Crippen LogP contribution in [0.1, 0.15) is 12.0 Å². The molecule has 0 spiro atoms. The first-order chi connectivity index (χ1) is 8.25. The standard InChI is InChI=1S/C13H18N2O2/c16-13(17)15(10-12-6-7-14-8-12)9-11-4-2-1-3-5-11/h1-5,12,14H,6-10H2,(H,16,17). The maximum atomic E-state index is 11.2. The van der Waals surface area contributed by atoms with Crippen molar-refractivity contribution >= 4 is 6.09 Å². The molecular formula is C13H18N2O2. The summed E-state index contributed by atoms with van der Waals surface area (Å²) in [4.78, 5) is 12.7. The lowest BCUT2D eigenvalue weighted by Gasteiger charge is -2.22. The van der Waals surface area contributed by atoms with E-state index in [4.69, 9.17) is 0 Å². The molecule has 0 aliphatic carbocycles. The van der Waals surface area contributed by atoms with Crippen molar-refractivity contribution in [3.05, 3.63) is 35.9 Å². The molecule has 0 bridgehead atoms. The predicted octanol–water partition coefficient (Wildman–Crippen LogP) is 1.78. The van der Waals surface area contributed by atoms with Gasteiger partial charge in [0.25, 0.3) is 0 Å². The highest BCUT2D eigenvalue weighted by Gasteiger charge is 2.21. The van der Waals surface area contributed by atoms with Crippen molar-refractivity contribution in [1.29, 1.82) is 0 Å². The van der Waals surface area contributed by atoms with Crippen LogP contribution < -0.4 is 5.32 Å². The van der Waals surface area contributed by atoms with E-state index in [9.17, 15) is 9.90 Å². The number of carbonyl (C=O) groups is 1. The van der Waals surface area contributed by atoms with E-state index in [1.54, 1.807) is 0 Å². The molecule has 2 N–H and O–H groups in total. The third kappa shape index (κ3) is 3.46. The van der Waals surface area contributed by atoms with Crippen LogP contribution in [-0.2, 0) is 6.54 Å². The fourth-order valence-electron chi connectivity index (χ4n) is 2.20. The second-order valence-electron chi connectivity index (χ2n) is 4.51. The van der Waals surface area contributed by atoms with Gasteiger partial charge in [0, 0.05) is 13.1 Å². The largest absolute Gasteiger partial charge is 0.465 e. The molecule has 4 heteroatoms. The molecule has 4 nitrogen and oxygen atoms in total. The SMILES string of the molecule is O=C(O)N(Cc1ccccc1)CC1CCNC1. The first kappa shape index (κ1) is 11.9. The lowest BCUT2D eigenvalue weighted by Crippen LogP contribution is -2.34. The molecule has 0 aromatic heterocycles. The summed E-state index contributed by atoms with van der Waals surface area (Å²) in [6.45, 7) is 3.03. The van der Waals surface area contributed by atoms with Gasteiger partial charge in [-0.25, -0.2) is 4.79 Å². The quantitative estimate of drug-likeness (QED) is 0.835. The summed E-state index contributed by atoms with van der Waals surface area (Å²) in [6, 6.07) is 9.74. The van der Waals surface area contributed by atoms with Gasteiger partial charge in [-0.3, -0.25) is 0 Å². The highest BCUT2D eigenvalue weighted by molar-refractivity contribution is 5.65. The van der Waals surface area contributed by atoms with Crippen LogP contribution in [0.15, 0.2) is 30.3 Å².